The van der Waals surface area contributed by atoms with E-state index in [9.17, 15) is 0 Å². The Kier molecular flexibility index (Phi) is 4.58. The van der Waals surface area contributed by atoms with E-state index >= 15 is 0 Å². The fourth-order valence-electron chi connectivity index (χ4n) is 2.26. The molecule has 0 unspecified atom stereocenters. The van der Waals surface area contributed by atoms with Crippen molar-refractivity contribution in [3.8, 4) is 5.75 Å². The first-order chi connectivity index (χ1) is 9.30. The Labute approximate surface area is 114 Å². The summed E-state index contributed by atoms with van der Waals surface area (Å²) >= 11 is 0. The van der Waals surface area contributed by atoms with E-state index in [2.05, 4.69) is 22.9 Å². The normalized spacial score (nSPS) is 10.7. The molecule has 0 aliphatic rings. The van der Waals surface area contributed by atoms with Crippen LogP contribution in [0.4, 0.5) is 5.82 Å². The van der Waals surface area contributed by atoms with Crippen LogP contribution >= 0.6 is 0 Å². The van der Waals surface area contributed by atoms with Gasteiger partial charge in [0.05, 0.1) is 7.11 Å². The zero-order valence-corrected chi connectivity index (χ0v) is 11.6. The highest BCUT2D eigenvalue weighted by atomic mass is 16.5. The van der Waals surface area contributed by atoms with Crippen molar-refractivity contribution in [3.63, 3.8) is 0 Å². The number of rotatable bonds is 6. The van der Waals surface area contributed by atoms with Crippen molar-refractivity contribution >= 4 is 16.6 Å². The van der Waals surface area contributed by atoms with Crippen LogP contribution in [0.15, 0.2) is 30.5 Å². The van der Waals surface area contributed by atoms with Crippen molar-refractivity contribution in [2.45, 2.75) is 13.3 Å². The molecular weight excluding hydrogens is 238 g/mol. The summed E-state index contributed by atoms with van der Waals surface area (Å²) in [7, 11) is 1.68. The fourth-order valence-corrected chi connectivity index (χ4v) is 2.26. The molecule has 4 heteroatoms. The highest BCUT2D eigenvalue weighted by Gasteiger charge is 2.11. The van der Waals surface area contributed by atoms with E-state index < -0.39 is 0 Å². The summed E-state index contributed by atoms with van der Waals surface area (Å²) in [6, 6.07) is 8.09. The molecule has 0 atom stereocenters. The molecule has 0 saturated heterocycles. The van der Waals surface area contributed by atoms with E-state index in [4.69, 9.17) is 10.5 Å². The Bertz CT molecular complexity index is 536. The van der Waals surface area contributed by atoms with Crippen molar-refractivity contribution < 1.29 is 4.74 Å². The molecule has 0 amide bonds. The molecule has 0 bridgehead atoms. The molecular formula is C15H21N3O. The molecule has 0 aliphatic carbocycles. The van der Waals surface area contributed by atoms with Gasteiger partial charge in [0.15, 0.2) is 0 Å². The highest BCUT2D eigenvalue weighted by molar-refractivity contribution is 5.93. The first-order valence-corrected chi connectivity index (χ1v) is 6.68. The van der Waals surface area contributed by atoms with Gasteiger partial charge < -0.3 is 15.4 Å². The average molecular weight is 259 g/mol. The molecule has 102 valence electrons. The number of fused-ring (bicyclic) bond motifs is 1. The Hall–Kier alpha value is -1.81. The zero-order chi connectivity index (χ0) is 13.7. The molecule has 0 aliphatic heterocycles. The predicted octanol–water partition coefficient (Wildman–Crippen LogP) is 2.42. The number of aromatic nitrogens is 1. The van der Waals surface area contributed by atoms with Gasteiger partial charge in [0.2, 0.25) is 0 Å². The number of pyridine rings is 1. The second-order valence-electron chi connectivity index (χ2n) is 4.50. The van der Waals surface area contributed by atoms with Crippen LogP contribution in [-0.2, 0) is 0 Å². The first kappa shape index (κ1) is 13.6. The molecule has 0 spiro atoms. The molecule has 0 saturated carbocycles. The van der Waals surface area contributed by atoms with Gasteiger partial charge in [-0.1, -0.05) is 13.0 Å². The number of hydrogen-bond donors (Lipinski definition) is 1. The van der Waals surface area contributed by atoms with Crippen molar-refractivity contribution in [2.75, 3.05) is 31.6 Å². The summed E-state index contributed by atoms with van der Waals surface area (Å²) < 4.78 is 5.31. The van der Waals surface area contributed by atoms with Crippen LogP contribution in [0.5, 0.6) is 5.75 Å². The topological polar surface area (TPSA) is 51.4 Å². The zero-order valence-electron chi connectivity index (χ0n) is 11.6. The third-order valence-corrected chi connectivity index (χ3v) is 3.14. The minimum Gasteiger partial charge on any atom is -0.497 e. The molecule has 4 nitrogen and oxygen atoms in total. The summed E-state index contributed by atoms with van der Waals surface area (Å²) in [6.07, 6.45) is 2.92. The van der Waals surface area contributed by atoms with Crippen molar-refractivity contribution in [1.82, 2.24) is 4.98 Å². The molecule has 0 fully saturated rings. The Morgan fingerprint density at radius 3 is 2.79 bits per heavy atom. The van der Waals surface area contributed by atoms with E-state index in [-0.39, 0.29) is 0 Å². The minimum atomic E-state index is 0.627. The largest absolute Gasteiger partial charge is 0.497 e. The van der Waals surface area contributed by atoms with E-state index in [1.165, 1.54) is 5.39 Å². The third-order valence-electron chi connectivity index (χ3n) is 3.14. The molecule has 2 N–H and O–H groups in total. The quantitative estimate of drug-likeness (QED) is 0.865. The lowest BCUT2D eigenvalue weighted by molar-refractivity contribution is 0.415. The lowest BCUT2D eigenvalue weighted by Crippen LogP contribution is -2.30. The van der Waals surface area contributed by atoms with Crippen LogP contribution in [0.3, 0.4) is 0 Å². The van der Waals surface area contributed by atoms with Crippen LogP contribution in [0, 0.1) is 0 Å². The van der Waals surface area contributed by atoms with Gasteiger partial charge in [0.25, 0.3) is 0 Å². The summed E-state index contributed by atoms with van der Waals surface area (Å²) in [5, 5.41) is 2.28. The van der Waals surface area contributed by atoms with Crippen molar-refractivity contribution in [3.05, 3.63) is 30.5 Å². The summed E-state index contributed by atoms with van der Waals surface area (Å²) in [5.41, 5.74) is 5.70. The number of methoxy groups -OCH3 is 1. The lowest BCUT2D eigenvalue weighted by Gasteiger charge is -2.24. The number of anilines is 1. The molecule has 19 heavy (non-hydrogen) atoms. The number of benzene rings is 1. The van der Waals surface area contributed by atoms with Crippen LogP contribution in [0.2, 0.25) is 0 Å². The van der Waals surface area contributed by atoms with Gasteiger partial charge in [0.1, 0.15) is 11.6 Å². The highest BCUT2D eigenvalue weighted by Crippen LogP contribution is 2.28. The molecule has 0 radical (unpaired) electrons. The van der Waals surface area contributed by atoms with E-state index in [1.54, 1.807) is 7.11 Å². The summed E-state index contributed by atoms with van der Waals surface area (Å²) in [5.74, 6) is 1.84. The monoisotopic (exact) mass is 259 g/mol. The first-order valence-electron chi connectivity index (χ1n) is 6.68. The summed E-state index contributed by atoms with van der Waals surface area (Å²) in [6.45, 7) is 4.56. The van der Waals surface area contributed by atoms with Crippen molar-refractivity contribution in [2.24, 2.45) is 5.73 Å². The smallest absolute Gasteiger partial charge is 0.136 e. The fraction of sp³-hybridized carbons (Fsp3) is 0.400. The standard InChI is InChI=1S/C15H21N3O/c1-3-9-18(10-7-16)15-14-11-13(19-2)5-4-12(14)6-8-17-15/h4-6,8,11H,3,7,9-10,16H2,1-2H3. The van der Waals surface area contributed by atoms with E-state index in [0.717, 1.165) is 36.5 Å². The van der Waals surface area contributed by atoms with Crippen molar-refractivity contribution in [1.29, 1.82) is 0 Å². The van der Waals surface area contributed by atoms with Gasteiger partial charge in [-0.05, 0) is 30.0 Å². The van der Waals surface area contributed by atoms with Gasteiger partial charge in [-0.15, -0.1) is 0 Å². The number of ether oxygens (including phenoxy) is 1. The van der Waals surface area contributed by atoms with Crippen LogP contribution in [0.1, 0.15) is 13.3 Å². The number of hydrogen-bond acceptors (Lipinski definition) is 4. The van der Waals surface area contributed by atoms with E-state index in [0.29, 0.717) is 6.54 Å². The minimum absolute atomic E-state index is 0.627. The maximum atomic E-state index is 5.70. The van der Waals surface area contributed by atoms with E-state index in [1.807, 2.05) is 24.4 Å². The van der Waals surface area contributed by atoms with Gasteiger partial charge in [-0.25, -0.2) is 4.98 Å². The molecule has 2 rings (SSSR count). The maximum absolute atomic E-state index is 5.70. The predicted molar refractivity (Wildman–Crippen MR) is 79.9 cm³/mol. The number of nitrogens with zero attached hydrogens (tertiary/aromatic N) is 2. The Morgan fingerprint density at radius 2 is 2.11 bits per heavy atom. The van der Waals surface area contributed by atoms with Gasteiger partial charge >= 0.3 is 0 Å². The van der Waals surface area contributed by atoms with Gasteiger partial charge in [-0.3, -0.25) is 0 Å². The average Bonchev–Trinajstić information content (AvgIpc) is 2.46. The van der Waals surface area contributed by atoms with Gasteiger partial charge in [0, 0.05) is 31.2 Å². The second-order valence-corrected chi connectivity index (χ2v) is 4.50. The molecule has 2 aromatic rings. The van der Waals surface area contributed by atoms with Gasteiger partial charge in [-0.2, -0.15) is 0 Å². The molecule has 1 aromatic heterocycles. The molecule has 1 aromatic carbocycles. The summed E-state index contributed by atoms with van der Waals surface area (Å²) in [4.78, 5) is 6.77. The second kappa shape index (κ2) is 6.38. The number of nitrogens with two attached hydrogens (primary N) is 1. The van der Waals surface area contributed by atoms with Crippen LogP contribution in [-0.4, -0.2) is 31.7 Å². The lowest BCUT2D eigenvalue weighted by atomic mass is 10.1. The molecule has 1 heterocycles. The van der Waals surface area contributed by atoms with Crippen LogP contribution in [0.25, 0.3) is 10.8 Å². The van der Waals surface area contributed by atoms with Crippen LogP contribution < -0.4 is 15.4 Å². The Balaban J connectivity index is 2.50. The third kappa shape index (κ3) is 2.96. The Morgan fingerprint density at radius 1 is 1.26 bits per heavy atom. The SMILES string of the molecule is CCCN(CCN)c1nccc2ccc(OC)cc12. The maximum Gasteiger partial charge on any atom is 0.136 e.